The van der Waals surface area contributed by atoms with Gasteiger partial charge in [0, 0.05) is 19.6 Å². The summed E-state index contributed by atoms with van der Waals surface area (Å²) >= 11 is 5.86. The summed E-state index contributed by atoms with van der Waals surface area (Å²) in [5.74, 6) is 2.80. The zero-order valence-electron chi connectivity index (χ0n) is 10.9. The number of hydrogen-bond acceptors (Lipinski definition) is 3. The van der Waals surface area contributed by atoms with Gasteiger partial charge in [0.2, 0.25) is 0 Å². The Labute approximate surface area is 108 Å². The van der Waals surface area contributed by atoms with Gasteiger partial charge >= 0.3 is 0 Å². The fourth-order valence-corrected chi connectivity index (χ4v) is 1.84. The van der Waals surface area contributed by atoms with Crippen molar-refractivity contribution in [2.75, 3.05) is 13.2 Å². The largest absolute Gasteiger partial charge is 0.381 e. The van der Waals surface area contributed by atoms with Crippen LogP contribution in [0, 0.1) is 5.92 Å². The third-order valence-electron chi connectivity index (χ3n) is 2.39. The van der Waals surface area contributed by atoms with E-state index in [9.17, 15) is 0 Å². The van der Waals surface area contributed by atoms with Crippen LogP contribution in [-0.2, 0) is 23.6 Å². The summed E-state index contributed by atoms with van der Waals surface area (Å²) in [6.07, 6.45) is 1.85. The van der Waals surface area contributed by atoms with Gasteiger partial charge in [-0.2, -0.15) is 0 Å². The average Bonchev–Trinajstić information content (AvgIpc) is 2.66. The van der Waals surface area contributed by atoms with E-state index in [1.807, 2.05) is 0 Å². The molecule has 1 aromatic rings. The molecule has 0 saturated heterocycles. The predicted molar refractivity (Wildman–Crippen MR) is 69.2 cm³/mol. The SMILES string of the molecule is CCCOCCc1nnc(CCl)n1CC(C)C. The molecule has 1 aromatic heterocycles. The quantitative estimate of drug-likeness (QED) is 0.532. The summed E-state index contributed by atoms with van der Waals surface area (Å²) in [5, 5.41) is 8.30. The molecule has 17 heavy (non-hydrogen) atoms. The second-order valence-corrected chi connectivity index (χ2v) is 4.80. The molecule has 0 radical (unpaired) electrons. The van der Waals surface area contributed by atoms with Crippen molar-refractivity contribution in [1.29, 1.82) is 0 Å². The zero-order chi connectivity index (χ0) is 12.7. The summed E-state index contributed by atoms with van der Waals surface area (Å²) in [5.41, 5.74) is 0. The number of aromatic nitrogens is 3. The molecule has 98 valence electrons. The molecule has 0 aliphatic carbocycles. The molecular weight excluding hydrogens is 238 g/mol. The maximum Gasteiger partial charge on any atom is 0.147 e. The molecule has 0 bridgehead atoms. The highest BCUT2D eigenvalue weighted by Gasteiger charge is 2.12. The lowest BCUT2D eigenvalue weighted by Crippen LogP contribution is -2.13. The van der Waals surface area contributed by atoms with Crippen LogP contribution in [-0.4, -0.2) is 28.0 Å². The molecular formula is C12H22ClN3O. The number of ether oxygens (including phenoxy) is 1. The van der Waals surface area contributed by atoms with Gasteiger partial charge in [-0.05, 0) is 12.3 Å². The molecule has 0 saturated carbocycles. The van der Waals surface area contributed by atoms with Gasteiger partial charge in [-0.3, -0.25) is 0 Å². The van der Waals surface area contributed by atoms with E-state index in [-0.39, 0.29) is 0 Å². The van der Waals surface area contributed by atoms with Crippen LogP contribution in [0.2, 0.25) is 0 Å². The monoisotopic (exact) mass is 259 g/mol. The Bertz CT molecular complexity index is 326. The van der Waals surface area contributed by atoms with Crippen LogP contribution in [0.15, 0.2) is 0 Å². The third-order valence-corrected chi connectivity index (χ3v) is 2.63. The normalized spacial score (nSPS) is 11.4. The van der Waals surface area contributed by atoms with E-state index in [0.29, 0.717) is 18.4 Å². The summed E-state index contributed by atoms with van der Waals surface area (Å²) in [6.45, 7) is 8.88. The highest BCUT2D eigenvalue weighted by molar-refractivity contribution is 6.16. The van der Waals surface area contributed by atoms with Crippen molar-refractivity contribution in [1.82, 2.24) is 14.8 Å². The van der Waals surface area contributed by atoms with Crippen LogP contribution in [0.1, 0.15) is 38.8 Å². The molecule has 5 heteroatoms. The first-order valence-corrected chi connectivity index (χ1v) is 6.77. The number of hydrogen-bond donors (Lipinski definition) is 0. The van der Waals surface area contributed by atoms with E-state index in [2.05, 4.69) is 35.5 Å². The van der Waals surface area contributed by atoms with E-state index < -0.39 is 0 Å². The minimum Gasteiger partial charge on any atom is -0.381 e. The molecule has 1 rings (SSSR count). The molecule has 4 nitrogen and oxygen atoms in total. The smallest absolute Gasteiger partial charge is 0.147 e. The van der Waals surface area contributed by atoms with Crippen molar-refractivity contribution in [3.8, 4) is 0 Å². The molecule has 0 N–H and O–H groups in total. The van der Waals surface area contributed by atoms with E-state index >= 15 is 0 Å². The summed E-state index contributed by atoms with van der Waals surface area (Å²) < 4.78 is 7.59. The van der Waals surface area contributed by atoms with Gasteiger partial charge in [-0.15, -0.1) is 21.8 Å². The minimum absolute atomic E-state index is 0.412. The predicted octanol–water partition coefficient (Wildman–Crippen LogP) is 2.64. The Morgan fingerprint density at radius 2 is 1.94 bits per heavy atom. The third kappa shape index (κ3) is 4.64. The maximum absolute atomic E-state index is 5.86. The standard InChI is InChI=1S/C12H22ClN3O/c1-4-6-17-7-5-11-14-15-12(8-13)16(11)9-10(2)3/h10H,4-9H2,1-3H3. The van der Waals surface area contributed by atoms with E-state index in [1.54, 1.807) is 0 Å². The molecule has 0 spiro atoms. The lowest BCUT2D eigenvalue weighted by atomic mass is 10.2. The topological polar surface area (TPSA) is 39.9 Å². The number of nitrogens with zero attached hydrogens (tertiary/aromatic N) is 3. The molecule has 0 atom stereocenters. The van der Waals surface area contributed by atoms with Crippen LogP contribution in [0.4, 0.5) is 0 Å². The lowest BCUT2D eigenvalue weighted by Gasteiger charge is -2.11. The average molecular weight is 260 g/mol. The molecule has 0 aliphatic heterocycles. The molecule has 0 fully saturated rings. The van der Waals surface area contributed by atoms with Gasteiger partial charge < -0.3 is 9.30 Å². The van der Waals surface area contributed by atoms with Crippen molar-refractivity contribution in [2.45, 2.75) is 46.0 Å². The Morgan fingerprint density at radius 3 is 2.53 bits per heavy atom. The Balaban J connectivity index is 2.60. The first kappa shape index (κ1) is 14.5. The van der Waals surface area contributed by atoms with Crippen LogP contribution in [0.25, 0.3) is 0 Å². The van der Waals surface area contributed by atoms with Crippen LogP contribution in [0.5, 0.6) is 0 Å². The first-order valence-electron chi connectivity index (χ1n) is 6.23. The molecule has 0 aromatic carbocycles. The first-order chi connectivity index (χ1) is 8.19. The van der Waals surface area contributed by atoms with Crippen molar-refractivity contribution in [3.05, 3.63) is 11.6 Å². The minimum atomic E-state index is 0.412. The zero-order valence-corrected chi connectivity index (χ0v) is 11.7. The Morgan fingerprint density at radius 1 is 1.24 bits per heavy atom. The summed E-state index contributed by atoms with van der Waals surface area (Å²) in [6, 6.07) is 0. The number of rotatable bonds is 8. The fraction of sp³-hybridized carbons (Fsp3) is 0.833. The molecule has 0 amide bonds. The van der Waals surface area contributed by atoms with Crippen molar-refractivity contribution < 1.29 is 4.74 Å². The Kier molecular flexibility index (Phi) is 6.52. The van der Waals surface area contributed by atoms with Crippen molar-refractivity contribution in [3.63, 3.8) is 0 Å². The summed E-state index contributed by atoms with van der Waals surface area (Å²) in [4.78, 5) is 0. The van der Waals surface area contributed by atoms with Crippen LogP contribution in [0.3, 0.4) is 0 Å². The van der Waals surface area contributed by atoms with Crippen molar-refractivity contribution in [2.24, 2.45) is 5.92 Å². The van der Waals surface area contributed by atoms with Gasteiger partial charge in [0.05, 0.1) is 12.5 Å². The molecule has 1 heterocycles. The van der Waals surface area contributed by atoms with E-state index in [4.69, 9.17) is 16.3 Å². The molecule has 0 unspecified atom stereocenters. The lowest BCUT2D eigenvalue weighted by molar-refractivity contribution is 0.136. The van der Waals surface area contributed by atoms with E-state index in [1.165, 1.54) is 0 Å². The Hall–Kier alpha value is -0.610. The van der Waals surface area contributed by atoms with Gasteiger partial charge in [-0.25, -0.2) is 0 Å². The second-order valence-electron chi connectivity index (χ2n) is 4.53. The molecule has 0 aliphatic rings. The van der Waals surface area contributed by atoms with Gasteiger partial charge in [0.25, 0.3) is 0 Å². The van der Waals surface area contributed by atoms with Crippen LogP contribution < -0.4 is 0 Å². The fourth-order valence-electron chi connectivity index (χ4n) is 1.64. The highest BCUT2D eigenvalue weighted by Crippen LogP contribution is 2.10. The number of halogens is 1. The van der Waals surface area contributed by atoms with Gasteiger partial charge in [0.1, 0.15) is 11.6 Å². The van der Waals surface area contributed by atoms with E-state index in [0.717, 1.165) is 37.6 Å². The second kappa shape index (κ2) is 7.67. The summed E-state index contributed by atoms with van der Waals surface area (Å²) in [7, 11) is 0. The maximum atomic E-state index is 5.86. The van der Waals surface area contributed by atoms with Gasteiger partial charge in [-0.1, -0.05) is 20.8 Å². The number of alkyl halides is 1. The highest BCUT2D eigenvalue weighted by atomic mass is 35.5. The van der Waals surface area contributed by atoms with Crippen molar-refractivity contribution >= 4 is 11.6 Å². The van der Waals surface area contributed by atoms with Gasteiger partial charge in [0.15, 0.2) is 0 Å². The van der Waals surface area contributed by atoms with Crippen LogP contribution >= 0.6 is 11.6 Å².